The lowest BCUT2D eigenvalue weighted by Crippen LogP contribution is -2.19. The third-order valence-corrected chi connectivity index (χ3v) is 2.59. The van der Waals surface area contributed by atoms with Crippen molar-refractivity contribution in [1.82, 2.24) is 14.5 Å². The number of rotatable bonds is 3. The fourth-order valence-electron chi connectivity index (χ4n) is 1.56. The third-order valence-electron chi connectivity index (χ3n) is 2.30. The van der Waals surface area contributed by atoms with Gasteiger partial charge in [0.1, 0.15) is 16.6 Å². The molecule has 0 amide bonds. The van der Waals surface area contributed by atoms with Gasteiger partial charge in [-0.15, -0.1) is 0 Å². The van der Waals surface area contributed by atoms with E-state index in [0.29, 0.717) is 16.6 Å². The van der Waals surface area contributed by atoms with Gasteiger partial charge in [-0.3, -0.25) is 0 Å². The molecule has 2 aromatic rings. The predicted octanol–water partition coefficient (Wildman–Crippen LogP) is 0.746. The van der Waals surface area contributed by atoms with Gasteiger partial charge in [0.25, 0.3) is 0 Å². The molecule has 0 saturated carbocycles. The first-order valence-corrected chi connectivity index (χ1v) is 5.27. The van der Waals surface area contributed by atoms with Crippen molar-refractivity contribution >= 4 is 22.6 Å². The minimum Gasteiger partial charge on any atom is -0.394 e. The van der Waals surface area contributed by atoms with Crippen LogP contribution in [0.15, 0.2) is 12.3 Å². The molecule has 2 rings (SSSR count). The van der Waals surface area contributed by atoms with Crippen molar-refractivity contribution in [1.29, 1.82) is 0 Å². The predicted molar refractivity (Wildman–Crippen MR) is 60.4 cm³/mol. The first kappa shape index (κ1) is 11.3. The Bertz CT molecular complexity index is 512. The Hall–Kier alpha value is -1.17. The van der Waals surface area contributed by atoms with Gasteiger partial charge >= 0.3 is 0 Å². The summed E-state index contributed by atoms with van der Waals surface area (Å²) in [5, 5.41) is 19.3. The largest absolute Gasteiger partial charge is 0.394 e. The summed E-state index contributed by atoms with van der Waals surface area (Å²) in [5.41, 5.74) is 0.671. The summed E-state index contributed by atoms with van der Waals surface area (Å²) < 4.78 is 1.75. The SMILES string of the molecule is Cc1nc(Cl)c2ccn(C[C@H](O)CO)c2n1. The maximum absolute atomic E-state index is 9.38. The number of aliphatic hydroxyl groups excluding tert-OH is 2. The molecule has 0 saturated heterocycles. The quantitative estimate of drug-likeness (QED) is 0.778. The number of aliphatic hydroxyl groups is 2. The van der Waals surface area contributed by atoms with Crippen LogP contribution >= 0.6 is 11.6 Å². The van der Waals surface area contributed by atoms with E-state index in [1.807, 2.05) is 0 Å². The minimum atomic E-state index is -0.801. The van der Waals surface area contributed by atoms with Gasteiger partial charge in [-0.05, 0) is 13.0 Å². The van der Waals surface area contributed by atoms with Crippen LogP contribution in [0, 0.1) is 6.92 Å². The average Bonchev–Trinajstić information content (AvgIpc) is 2.61. The second-order valence-corrected chi connectivity index (χ2v) is 3.96. The van der Waals surface area contributed by atoms with Crippen LogP contribution in [-0.4, -0.2) is 37.5 Å². The number of halogens is 1. The number of aromatic nitrogens is 3. The molecule has 2 aromatic heterocycles. The van der Waals surface area contributed by atoms with Gasteiger partial charge in [-0.2, -0.15) is 0 Å². The van der Waals surface area contributed by atoms with Crippen LogP contribution in [0.1, 0.15) is 5.82 Å². The van der Waals surface area contributed by atoms with Crippen LogP contribution in [0.25, 0.3) is 11.0 Å². The molecular formula is C10H12ClN3O2. The number of nitrogens with zero attached hydrogens (tertiary/aromatic N) is 3. The van der Waals surface area contributed by atoms with Gasteiger partial charge in [0.05, 0.1) is 24.6 Å². The highest BCUT2D eigenvalue weighted by Crippen LogP contribution is 2.21. The molecule has 0 aliphatic heterocycles. The lowest BCUT2D eigenvalue weighted by molar-refractivity contribution is 0.0821. The maximum Gasteiger partial charge on any atom is 0.145 e. The molecule has 0 unspecified atom stereocenters. The van der Waals surface area contributed by atoms with Gasteiger partial charge < -0.3 is 14.8 Å². The van der Waals surface area contributed by atoms with Crippen LogP contribution < -0.4 is 0 Å². The first-order valence-electron chi connectivity index (χ1n) is 4.89. The summed E-state index contributed by atoms with van der Waals surface area (Å²) >= 11 is 5.97. The second-order valence-electron chi connectivity index (χ2n) is 3.60. The summed E-state index contributed by atoms with van der Waals surface area (Å²) in [5.74, 6) is 0.580. The zero-order chi connectivity index (χ0) is 11.7. The van der Waals surface area contributed by atoms with E-state index in [4.69, 9.17) is 16.7 Å². The van der Waals surface area contributed by atoms with E-state index in [1.165, 1.54) is 0 Å². The average molecular weight is 242 g/mol. The van der Waals surface area contributed by atoms with Gasteiger partial charge in [-0.1, -0.05) is 11.6 Å². The molecule has 5 nitrogen and oxygen atoms in total. The minimum absolute atomic E-state index is 0.280. The standard InChI is InChI=1S/C10H12ClN3O2/c1-6-12-9(11)8-2-3-14(10(8)13-6)4-7(16)5-15/h2-3,7,15-16H,4-5H2,1H3/t7-/m0/s1. The smallest absolute Gasteiger partial charge is 0.145 e. The van der Waals surface area contributed by atoms with Crippen molar-refractivity contribution in [3.8, 4) is 0 Å². The fourth-order valence-corrected chi connectivity index (χ4v) is 1.83. The van der Waals surface area contributed by atoms with Crippen LogP contribution in [0.4, 0.5) is 0 Å². The second kappa shape index (κ2) is 4.37. The molecule has 0 radical (unpaired) electrons. The Morgan fingerprint density at radius 2 is 2.25 bits per heavy atom. The Morgan fingerprint density at radius 1 is 1.50 bits per heavy atom. The molecular weight excluding hydrogens is 230 g/mol. The molecule has 1 atom stereocenters. The molecule has 0 spiro atoms. The van der Waals surface area contributed by atoms with Crippen LogP contribution in [-0.2, 0) is 6.54 Å². The molecule has 2 N–H and O–H groups in total. The van der Waals surface area contributed by atoms with E-state index in [2.05, 4.69) is 9.97 Å². The fraction of sp³-hybridized carbons (Fsp3) is 0.400. The number of fused-ring (bicyclic) bond motifs is 1. The lowest BCUT2D eigenvalue weighted by Gasteiger charge is -2.09. The third kappa shape index (κ3) is 2.02. The number of aryl methyl sites for hydroxylation is 1. The summed E-state index contributed by atoms with van der Waals surface area (Å²) in [4.78, 5) is 8.30. The van der Waals surface area contributed by atoms with Crippen molar-refractivity contribution in [2.45, 2.75) is 19.6 Å². The van der Waals surface area contributed by atoms with Crippen molar-refractivity contribution < 1.29 is 10.2 Å². The van der Waals surface area contributed by atoms with Crippen molar-refractivity contribution in [2.24, 2.45) is 0 Å². The molecule has 0 bridgehead atoms. The first-order chi connectivity index (χ1) is 7.61. The molecule has 6 heteroatoms. The molecule has 0 fully saturated rings. The molecule has 0 aliphatic carbocycles. The normalized spacial score (nSPS) is 13.2. The molecule has 86 valence electrons. The zero-order valence-corrected chi connectivity index (χ0v) is 9.52. The highest BCUT2D eigenvalue weighted by molar-refractivity contribution is 6.33. The topological polar surface area (TPSA) is 71.2 Å². The van der Waals surface area contributed by atoms with Crippen molar-refractivity contribution in [3.63, 3.8) is 0 Å². The summed E-state index contributed by atoms with van der Waals surface area (Å²) in [6.45, 7) is 1.76. The summed E-state index contributed by atoms with van der Waals surface area (Å²) in [6.07, 6.45) is 0.966. The molecule has 0 aromatic carbocycles. The van der Waals surface area contributed by atoms with E-state index in [9.17, 15) is 5.11 Å². The monoisotopic (exact) mass is 241 g/mol. The molecule has 16 heavy (non-hydrogen) atoms. The Morgan fingerprint density at radius 3 is 2.94 bits per heavy atom. The molecule has 0 aliphatic rings. The van der Waals surface area contributed by atoms with Gasteiger partial charge in [0, 0.05) is 6.20 Å². The van der Waals surface area contributed by atoms with Gasteiger partial charge in [-0.25, -0.2) is 9.97 Å². The van der Waals surface area contributed by atoms with E-state index >= 15 is 0 Å². The molecule has 2 heterocycles. The lowest BCUT2D eigenvalue weighted by atomic mass is 10.4. The van der Waals surface area contributed by atoms with E-state index < -0.39 is 6.10 Å². The van der Waals surface area contributed by atoms with Crippen LogP contribution in [0.2, 0.25) is 5.15 Å². The Kier molecular flexibility index (Phi) is 3.09. The van der Waals surface area contributed by atoms with E-state index in [0.717, 1.165) is 5.39 Å². The number of hydrogen-bond donors (Lipinski definition) is 2. The summed E-state index contributed by atoms with van der Waals surface area (Å²) in [7, 11) is 0. The highest BCUT2D eigenvalue weighted by Gasteiger charge is 2.11. The maximum atomic E-state index is 9.38. The van der Waals surface area contributed by atoms with E-state index in [-0.39, 0.29) is 13.2 Å². The highest BCUT2D eigenvalue weighted by atomic mass is 35.5. The van der Waals surface area contributed by atoms with E-state index in [1.54, 1.807) is 23.8 Å². The summed E-state index contributed by atoms with van der Waals surface area (Å²) in [6, 6.07) is 1.79. The van der Waals surface area contributed by atoms with Gasteiger partial charge in [0.2, 0.25) is 0 Å². The number of hydrogen-bond acceptors (Lipinski definition) is 4. The zero-order valence-electron chi connectivity index (χ0n) is 8.76. The van der Waals surface area contributed by atoms with Crippen LogP contribution in [0.5, 0.6) is 0 Å². The Balaban J connectivity index is 2.47. The van der Waals surface area contributed by atoms with Crippen LogP contribution in [0.3, 0.4) is 0 Å². The van der Waals surface area contributed by atoms with Gasteiger partial charge in [0.15, 0.2) is 0 Å². The van der Waals surface area contributed by atoms with Crippen molar-refractivity contribution in [3.05, 3.63) is 23.2 Å². The van der Waals surface area contributed by atoms with Crippen molar-refractivity contribution in [2.75, 3.05) is 6.61 Å². The Labute approximate surface area is 97.3 Å².